The zero-order valence-electron chi connectivity index (χ0n) is 8.75. The Morgan fingerprint density at radius 2 is 2.21 bits per heavy atom. The van der Waals surface area contributed by atoms with Crippen molar-refractivity contribution in [1.82, 2.24) is 4.90 Å². The highest BCUT2D eigenvalue weighted by Gasteiger charge is 2.38. The molecule has 2 heteroatoms. The third-order valence-corrected chi connectivity index (χ3v) is 3.45. The van der Waals surface area contributed by atoms with E-state index >= 15 is 0 Å². The summed E-state index contributed by atoms with van der Waals surface area (Å²) in [5.41, 5.74) is 4.26. The molecular formula is C12H16N2. The molecule has 0 amide bonds. The van der Waals surface area contributed by atoms with Gasteiger partial charge in [-0.15, -0.1) is 0 Å². The predicted molar refractivity (Wildman–Crippen MR) is 58.8 cm³/mol. The van der Waals surface area contributed by atoms with E-state index < -0.39 is 0 Å². The highest BCUT2D eigenvalue weighted by atomic mass is 15.2. The lowest BCUT2D eigenvalue weighted by Gasteiger charge is -2.10. The number of hydrogen-bond donors (Lipinski definition) is 1. The highest BCUT2D eigenvalue weighted by molar-refractivity contribution is 5.61. The number of rotatable bonds is 0. The molecule has 0 saturated carbocycles. The second-order valence-electron chi connectivity index (χ2n) is 4.67. The summed E-state index contributed by atoms with van der Waals surface area (Å²) in [6.07, 6.45) is 0. The maximum Gasteiger partial charge on any atom is 0.0470 e. The SMILES string of the molecule is Cc1ccc2c(c1)[C@@H]1CN(C)C[C@@H]1N2. The first kappa shape index (κ1) is 8.30. The van der Waals surface area contributed by atoms with Gasteiger partial charge in [0.15, 0.2) is 0 Å². The van der Waals surface area contributed by atoms with Gasteiger partial charge in [-0.3, -0.25) is 0 Å². The molecule has 2 atom stereocenters. The van der Waals surface area contributed by atoms with Crippen LogP contribution in [-0.4, -0.2) is 31.1 Å². The molecular weight excluding hydrogens is 172 g/mol. The van der Waals surface area contributed by atoms with E-state index in [1.165, 1.54) is 29.9 Å². The summed E-state index contributed by atoms with van der Waals surface area (Å²) in [5, 5.41) is 3.61. The second-order valence-corrected chi connectivity index (χ2v) is 4.67. The fourth-order valence-corrected chi connectivity index (χ4v) is 2.78. The monoisotopic (exact) mass is 188 g/mol. The van der Waals surface area contributed by atoms with Gasteiger partial charge in [0.1, 0.15) is 0 Å². The van der Waals surface area contributed by atoms with Crippen LogP contribution in [0, 0.1) is 6.92 Å². The quantitative estimate of drug-likeness (QED) is 0.668. The van der Waals surface area contributed by atoms with Crippen LogP contribution in [0.2, 0.25) is 0 Å². The number of likely N-dealkylation sites (N-methyl/N-ethyl adjacent to an activating group) is 1. The van der Waals surface area contributed by atoms with Crippen molar-refractivity contribution in [2.24, 2.45) is 0 Å². The van der Waals surface area contributed by atoms with Crippen molar-refractivity contribution in [1.29, 1.82) is 0 Å². The predicted octanol–water partition coefficient (Wildman–Crippen LogP) is 1.82. The van der Waals surface area contributed by atoms with E-state index in [4.69, 9.17) is 0 Å². The minimum atomic E-state index is 0.650. The van der Waals surface area contributed by atoms with Crippen molar-refractivity contribution < 1.29 is 0 Å². The highest BCUT2D eigenvalue weighted by Crippen LogP contribution is 2.40. The van der Waals surface area contributed by atoms with Crippen LogP contribution in [0.1, 0.15) is 17.0 Å². The summed E-state index contributed by atoms with van der Waals surface area (Å²) in [6.45, 7) is 4.55. The molecule has 1 fully saturated rings. The van der Waals surface area contributed by atoms with Crippen LogP contribution in [0.15, 0.2) is 18.2 Å². The molecule has 0 aromatic heterocycles. The summed E-state index contributed by atoms with van der Waals surface area (Å²) >= 11 is 0. The Kier molecular flexibility index (Phi) is 1.62. The minimum Gasteiger partial charge on any atom is -0.380 e. The van der Waals surface area contributed by atoms with Crippen LogP contribution in [0.25, 0.3) is 0 Å². The molecule has 0 spiro atoms. The lowest BCUT2D eigenvalue weighted by atomic mass is 9.97. The van der Waals surface area contributed by atoms with Gasteiger partial charge in [0.25, 0.3) is 0 Å². The van der Waals surface area contributed by atoms with E-state index in [9.17, 15) is 0 Å². The maximum atomic E-state index is 3.61. The molecule has 74 valence electrons. The normalized spacial score (nSPS) is 29.9. The van der Waals surface area contributed by atoms with Crippen molar-refractivity contribution in [3.05, 3.63) is 29.3 Å². The molecule has 3 rings (SSSR count). The first-order valence-corrected chi connectivity index (χ1v) is 5.29. The lowest BCUT2D eigenvalue weighted by molar-refractivity contribution is 0.408. The van der Waals surface area contributed by atoms with Crippen LogP contribution in [0.4, 0.5) is 5.69 Å². The Morgan fingerprint density at radius 3 is 3.07 bits per heavy atom. The topological polar surface area (TPSA) is 15.3 Å². The molecule has 0 aliphatic carbocycles. The number of benzene rings is 1. The van der Waals surface area contributed by atoms with Gasteiger partial charge in [-0.05, 0) is 25.6 Å². The van der Waals surface area contributed by atoms with E-state index in [0.29, 0.717) is 6.04 Å². The smallest absolute Gasteiger partial charge is 0.0470 e. The Hall–Kier alpha value is -1.02. The van der Waals surface area contributed by atoms with E-state index in [1.54, 1.807) is 0 Å². The molecule has 1 aromatic rings. The molecule has 0 bridgehead atoms. The van der Waals surface area contributed by atoms with Gasteiger partial charge in [-0.2, -0.15) is 0 Å². The van der Waals surface area contributed by atoms with Crippen LogP contribution < -0.4 is 5.32 Å². The second kappa shape index (κ2) is 2.74. The van der Waals surface area contributed by atoms with Crippen molar-refractivity contribution in [2.75, 3.05) is 25.5 Å². The van der Waals surface area contributed by atoms with E-state index in [1.807, 2.05) is 0 Å². The van der Waals surface area contributed by atoms with Gasteiger partial charge in [-0.25, -0.2) is 0 Å². The number of aryl methyl sites for hydroxylation is 1. The first-order valence-electron chi connectivity index (χ1n) is 5.29. The Morgan fingerprint density at radius 1 is 1.36 bits per heavy atom. The Bertz CT molecular complexity index is 373. The van der Waals surface area contributed by atoms with Gasteiger partial charge >= 0.3 is 0 Å². The number of hydrogen-bond acceptors (Lipinski definition) is 2. The van der Waals surface area contributed by atoms with Crippen molar-refractivity contribution >= 4 is 5.69 Å². The Balaban J connectivity index is 2.03. The van der Waals surface area contributed by atoms with Crippen LogP contribution in [0.5, 0.6) is 0 Å². The molecule has 1 N–H and O–H groups in total. The molecule has 2 aliphatic heterocycles. The summed E-state index contributed by atoms with van der Waals surface area (Å²) in [4.78, 5) is 2.41. The van der Waals surface area contributed by atoms with E-state index in [0.717, 1.165) is 5.92 Å². The van der Waals surface area contributed by atoms with Gasteiger partial charge in [0, 0.05) is 30.7 Å². The van der Waals surface area contributed by atoms with Crippen molar-refractivity contribution in [3.8, 4) is 0 Å². The van der Waals surface area contributed by atoms with Crippen molar-refractivity contribution in [3.63, 3.8) is 0 Å². The molecule has 0 unspecified atom stereocenters. The van der Waals surface area contributed by atoms with Crippen LogP contribution in [-0.2, 0) is 0 Å². The van der Waals surface area contributed by atoms with Crippen LogP contribution in [0.3, 0.4) is 0 Å². The number of nitrogens with one attached hydrogen (secondary N) is 1. The molecule has 1 aromatic carbocycles. The van der Waals surface area contributed by atoms with Crippen LogP contribution >= 0.6 is 0 Å². The minimum absolute atomic E-state index is 0.650. The maximum absolute atomic E-state index is 3.61. The standard InChI is InChI=1S/C12H16N2/c1-8-3-4-11-9(5-8)10-6-14(2)7-12(10)13-11/h3-5,10,12-13H,6-7H2,1-2H3/t10-,12-/m0/s1. The molecule has 2 aliphatic rings. The fraction of sp³-hybridized carbons (Fsp3) is 0.500. The van der Waals surface area contributed by atoms with Gasteiger partial charge < -0.3 is 10.2 Å². The zero-order chi connectivity index (χ0) is 9.71. The molecule has 14 heavy (non-hydrogen) atoms. The van der Waals surface area contributed by atoms with Gasteiger partial charge in [-0.1, -0.05) is 17.7 Å². The van der Waals surface area contributed by atoms with Gasteiger partial charge in [0.05, 0.1) is 0 Å². The summed E-state index contributed by atoms with van der Waals surface area (Å²) in [5.74, 6) is 0.717. The molecule has 2 nitrogen and oxygen atoms in total. The van der Waals surface area contributed by atoms with E-state index in [-0.39, 0.29) is 0 Å². The summed E-state index contributed by atoms with van der Waals surface area (Å²) in [6, 6.07) is 7.41. The number of fused-ring (bicyclic) bond motifs is 3. The van der Waals surface area contributed by atoms with Crippen molar-refractivity contribution in [2.45, 2.75) is 18.9 Å². The fourth-order valence-electron chi connectivity index (χ4n) is 2.78. The third-order valence-electron chi connectivity index (χ3n) is 3.45. The Labute approximate surface area is 84.9 Å². The molecule has 2 heterocycles. The average molecular weight is 188 g/mol. The zero-order valence-corrected chi connectivity index (χ0v) is 8.75. The average Bonchev–Trinajstić information content (AvgIpc) is 2.62. The number of nitrogens with zero attached hydrogens (tertiary/aromatic N) is 1. The first-order chi connectivity index (χ1) is 6.74. The lowest BCUT2D eigenvalue weighted by Crippen LogP contribution is -2.22. The largest absolute Gasteiger partial charge is 0.380 e. The van der Waals surface area contributed by atoms with E-state index in [2.05, 4.69) is 42.4 Å². The molecule has 1 saturated heterocycles. The third kappa shape index (κ3) is 1.07. The number of likely N-dealkylation sites (tertiary alicyclic amines) is 1. The summed E-state index contributed by atoms with van der Waals surface area (Å²) in [7, 11) is 2.20. The number of anilines is 1. The summed E-state index contributed by atoms with van der Waals surface area (Å²) < 4.78 is 0. The molecule has 0 radical (unpaired) electrons. The van der Waals surface area contributed by atoms with Gasteiger partial charge in [0.2, 0.25) is 0 Å².